The van der Waals surface area contributed by atoms with Gasteiger partial charge >= 0.3 is 6.09 Å². The second-order valence-corrected chi connectivity index (χ2v) is 8.12. The molecule has 0 aromatic carbocycles. The van der Waals surface area contributed by atoms with E-state index in [0.29, 0.717) is 44.3 Å². The van der Waals surface area contributed by atoms with Gasteiger partial charge in [-0.1, -0.05) is 12.1 Å². The van der Waals surface area contributed by atoms with Gasteiger partial charge in [0.25, 0.3) is 0 Å². The number of morpholine rings is 1. The zero-order valence-electron chi connectivity index (χ0n) is 15.9. The van der Waals surface area contributed by atoms with Crippen molar-refractivity contribution in [1.82, 2.24) is 15.0 Å². The maximum Gasteiger partial charge on any atom is 0.411 e. The zero-order chi connectivity index (χ0) is 18.9. The van der Waals surface area contributed by atoms with Crippen LogP contribution in [0.5, 0.6) is 0 Å². The Hall–Kier alpha value is -1.96. The molecule has 0 radical (unpaired) electrons. The molecule has 2 aliphatic rings. The van der Waals surface area contributed by atoms with Gasteiger partial charge in [0, 0.05) is 25.3 Å². The minimum absolute atomic E-state index is 0.0773. The Morgan fingerprint density at radius 1 is 1.35 bits per heavy atom. The minimum atomic E-state index is -0.577. The summed E-state index contributed by atoms with van der Waals surface area (Å²) in [5, 5.41) is 4.10. The van der Waals surface area contributed by atoms with Gasteiger partial charge in [0.2, 0.25) is 5.89 Å². The van der Waals surface area contributed by atoms with Crippen molar-refractivity contribution >= 4 is 11.9 Å². The fourth-order valence-corrected chi connectivity index (χ4v) is 3.46. The highest BCUT2D eigenvalue weighted by Crippen LogP contribution is 2.36. The Morgan fingerprint density at radius 3 is 2.81 bits per heavy atom. The Balaban J connectivity index is 1.75. The van der Waals surface area contributed by atoms with Crippen molar-refractivity contribution < 1.29 is 23.6 Å². The van der Waals surface area contributed by atoms with E-state index in [9.17, 15) is 9.59 Å². The van der Waals surface area contributed by atoms with E-state index in [1.165, 1.54) is 0 Å². The highest BCUT2D eigenvalue weighted by Gasteiger charge is 2.37. The van der Waals surface area contributed by atoms with Crippen LogP contribution in [0.3, 0.4) is 0 Å². The second kappa shape index (κ2) is 7.34. The Kier molecular flexibility index (Phi) is 5.32. The smallest absolute Gasteiger partial charge is 0.411 e. The normalized spacial score (nSPS) is 27.5. The second-order valence-electron chi connectivity index (χ2n) is 8.12. The molecule has 1 saturated heterocycles. The van der Waals surface area contributed by atoms with Gasteiger partial charge in [0.15, 0.2) is 5.82 Å². The third kappa shape index (κ3) is 4.23. The Labute approximate surface area is 153 Å². The summed E-state index contributed by atoms with van der Waals surface area (Å²) >= 11 is 0. The largest absolute Gasteiger partial charge is 0.444 e. The fraction of sp³-hybridized carbons (Fsp3) is 0.778. The number of hydrogen-bond acceptors (Lipinski definition) is 7. The number of hydrogen-bond donors (Lipinski definition) is 0. The number of aromatic nitrogens is 2. The molecule has 0 bridgehead atoms. The van der Waals surface area contributed by atoms with E-state index in [1.54, 1.807) is 4.90 Å². The van der Waals surface area contributed by atoms with Crippen LogP contribution in [0, 0.1) is 5.92 Å². The molecule has 1 aromatic heterocycles. The molecule has 8 nitrogen and oxygen atoms in total. The Morgan fingerprint density at radius 2 is 2.12 bits per heavy atom. The standard InChI is InChI=1S/C18H27N3O5/c1-11-9-12(22)5-6-13(11)16-19-15(20-26-16)14-10-24-8-7-21(14)17(23)25-18(2,3)4/h11,13-14H,5-10H2,1-4H3/t11-,13+,14+/m1/s1. The molecule has 1 saturated carbocycles. The SMILES string of the molecule is C[C@@H]1CC(=O)CC[C@@H]1c1nc([C@@H]2COCCN2C(=O)OC(C)(C)C)no1. The molecule has 3 rings (SSSR count). The first-order valence-electron chi connectivity index (χ1n) is 9.17. The summed E-state index contributed by atoms with van der Waals surface area (Å²) in [5.41, 5.74) is -0.577. The number of ketones is 1. The summed E-state index contributed by atoms with van der Waals surface area (Å²) in [6, 6.07) is -0.434. The van der Waals surface area contributed by atoms with Gasteiger partial charge < -0.3 is 14.0 Å². The van der Waals surface area contributed by atoms with E-state index in [-0.39, 0.29) is 17.6 Å². The molecule has 3 atom stereocenters. The quantitative estimate of drug-likeness (QED) is 0.795. The van der Waals surface area contributed by atoms with Crippen molar-refractivity contribution in [3.8, 4) is 0 Å². The summed E-state index contributed by atoms with van der Waals surface area (Å²) in [5.74, 6) is 1.50. The predicted octanol–water partition coefficient (Wildman–Crippen LogP) is 2.85. The summed E-state index contributed by atoms with van der Waals surface area (Å²) in [4.78, 5) is 30.3. The van der Waals surface area contributed by atoms with Crippen molar-refractivity contribution in [3.05, 3.63) is 11.7 Å². The third-order valence-electron chi connectivity index (χ3n) is 4.80. The van der Waals surface area contributed by atoms with Crippen LogP contribution in [-0.4, -0.2) is 52.3 Å². The highest BCUT2D eigenvalue weighted by atomic mass is 16.6. The molecule has 1 amide bonds. The molecular formula is C18H27N3O5. The molecule has 144 valence electrons. The monoisotopic (exact) mass is 365 g/mol. The number of carbonyl (C=O) groups is 2. The lowest BCUT2D eigenvalue weighted by atomic mass is 9.80. The molecule has 0 N–H and O–H groups in total. The van der Waals surface area contributed by atoms with E-state index in [0.717, 1.165) is 6.42 Å². The van der Waals surface area contributed by atoms with Crippen molar-refractivity contribution in [1.29, 1.82) is 0 Å². The molecule has 1 aromatic rings. The first kappa shape index (κ1) is 18.8. The molecule has 1 aliphatic heterocycles. The fourth-order valence-electron chi connectivity index (χ4n) is 3.46. The maximum absolute atomic E-state index is 12.5. The van der Waals surface area contributed by atoms with Crippen LogP contribution >= 0.6 is 0 Å². The molecular weight excluding hydrogens is 338 g/mol. The van der Waals surface area contributed by atoms with Crippen molar-refractivity contribution in [3.63, 3.8) is 0 Å². The van der Waals surface area contributed by atoms with Gasteiger partial charge in [-0.15, -0.1) is 0 Å². The van der Waals surface area contributed by atoms with E-state index in [1.807, 2.05) is 27.7 Å². The van der Waals surface area contributed by atoms with Crippen molar-refractivity contribution in [2.24, 2.45) is 5.92 Å². The number of nitrogens with zero attached hydrogens (tertiary/aromatic N) is 3. The number of Topliss-reactive ketones (excluding diaryl/α,β-unsaturated/α-hetero) is 1. The van der Waals surface area contributed by atoms with E-state index in [4.69, 9.17) is 14.0 Å². The third-order valence-corrected chi connectivity index (χ3v) is 4.80. The van der Waals surface area contributed by atoms with Gasteiger partial charge in [0.1, 0.15) is 17.4 Å². The summed E-state index contributed by atoms with van der Waals surface area (Å²) < 4.78 is 16.5. The van der Waals surface area contributed by atoms with Crippen LogP contribution in [0.4, 0.5) is 4.79 Å². The van der Waals surface area contributed by atoms with E-state index in [2.05, 4.69) is 10.1 Å². The average Bonchev–Trinajstić information content (AvgIpc) is 3.03. The molecule has 1 aliphatic carbocycles. The van der Waals surface area contributed by atoms with Crippen LogP contribution in [0.15, 0.2) is 4.52 Å². The van der Waals surface area contributed by atoms with Gasteiger partial charge in [-0.3, -0.25) is 9.69 Å². The van der Waals surface area contributed by atoms with E-state index >= 15 is 0 Å². The number of ether oxygens (including phenoxy) is 2. The highest BCUT2D eigenvalue weighted by molar-refractivity contribution is 5.79. The van der Waals surface area contributed by atoms with Crippen LogP contribution < -0.4 is 0 Å². The van der Waals surface area contributed by atoms with Crippen LogP contribution in [0.25, 0.3) is 0 Å². The minimum Gasteiger partial charge on any atom is -0.444 e. The van der Waals surface area contributed by atoms with Crippen molar-refractivity contribution in [2.45, 2.75) is 64.5 Å². The van der Waals surface area contributed by atoms with Gasteiger partial charge in [-0.25, -0.2) is 4.79 Å². The molecule has 2 heterocycles. The van der Waals surface area contributed by atoms with Crippen LogP contribution in [-0.2, 0) is 14.3 Å². The van der Waals surface area contributed by atoms with Crippen LogP contribution in [0.2, 0.25) is 0 Å². The molecule has 26 heavy (non-hydrogen) atoms. The summed E-state index contributed by atoms with van der Waals surface area (Å²) in [6.07, 6.45) is 1.40. The molecule has 2 fully saturated rings. The van der Waals surface area contributed by atoms with Gasteiger partial charge in [-0.05, 0) is 33.1 Å². The summed E-state index contributed by atoms with van der Waals surface area (Å²) in [7, 11) is 0. The molecule has 8 heteroatoms. The maximum atomic E-state index is 12.5. The average molecular weight is 365 g/mol. The number of amides is 1. The molecule has 0 unspecified atom stereocenters. The number of carbonyl (C=O) groups excluding carboxylic acids is 2. The lowest BCUT2D eigenvalue weighted by molar-refractivity contribution is -0.121. The number of rotatable bonds is 2. The van der Waals surface area contributed by atoms with Crippen LogP contribution in [0.1, 0.15) is 70.6 Å². The predicted molar refractivity (Wildman–Crippen MR) is 91.6 cm³/mol. The van der Waals surface area contributed by atoms with Crippen molar-refractivity contribution in [2.75, 3.05) is 19.8 Å². The van der Waals surface area contributed by atoms with Gasteiger partial charge in [-0.2, -0.15) is 4.98 Å². The lowest BCUT2D eigenvalue weighted by Crippen LogP contribution is -2.46. The molecule has 0 spiro atoms. The van der Waals surface area contributed by atoms with Gasteiger partial charge in [0.05, 0.1) is 13.2 Å². The topological polar surface area (TPSA) is 94.8 Å². The summed E-state index contributed by atoms with van der Waals surface area (Å²) in [6.45, 7) is 8.69. The first-order chi connectivity index (χ1) is 12.2. The zero-order valence-corrected chi connectivity index (χ0v) is 15.9. The Bertz CT molecular complexity index is 666. The first-order valence-corrected chi connectivity index (χ1v) is 9.17. The lowest BCUT2D eigenvalue weighted by Gasteiger charge is -2.34. The van der Waals surface area contributed by atoms with E-state index < -0.39 is 17.7 Å².